The molecule has 0 radical (unpaired) electrons. The Morgan fingerprint density at radius 2 is 2.53 bits per heavy atom. The summed E-state index contributed by atoms with van der Waals surface area (Å²) in [5.41, 5.74) is -0.409. The van der Waals surface area contributed by atoms with Gasteiger partial charge in [0, 0.05) is 0 Å². The van der Waals surface area contributed by atoms with Gasteiger partial charge >= 0.3 is 0 Å². The number of fused-ring (bicyclic) bond motifs is 2. The number of hydrogen-bond donors (Lipinski definition) is 2. The highest BCUT2D eigenvalue weighted by Gasteiger charge is 2.53. The molecule has 0 saturated carbocycles. The van der Waals surface area contributed by atoms with E-state index in [1.165, 1.54) is 0 Å². The molecule has 2 saturated heterocycles. The van der Waals surface area contributed by atoms with Gasteiger partial charge in [0.1, 0.15) is 5.82 Å². The van der Waals surface area contributed by atoms with Gasteiger partial charge < -0.3 is 10.1 Å². The van der Waals surface area contributed by atoms with E-state index >= 15 is 0 Å². The van der Waals surface area contributed by atoms with Gasteiger partial charge in [-0.05, 0) is 42.1 Å². The average Bonchev–Trinajstić information content (AvgIpc) is 2.95. The van der Waals surface area contributed by atoms with Crippen LogP contribution in [0.15, 0.2) is 10.7 Å². The van der Waals surface area contributed by atoms with Crippen LogP contribution in [0, 0.1) is 5.41 Å². The number of H-pyrrole nitrogens is 1. The summed E-state index contributed by atoms with van der Waals surface area (Å²) in [5, 5.41) is 9.48. The Hall–Kier alpha value is -0.880. The number of halogens is 1. The molecule has 1 amide bonds. The van der Waals surface area contributed by atoms with Crippen LogP contribution in [0.2, 0.25) is 0 Å². The summed E-state index contributed by atoms with van der Waals surface area (Å²) in [5.74, 6) is 0.619. The molecule has 92 valence electrons. The van der Waals surface area contributed by atoms with Gasteiger partial charge in [0.25, 0.3) is 0 Å². The third kappa shape index (κ3) is 1.70. The number of aromatic nitrogens is 2. The smallest absolute Gasteiger partial charge is 0.234 e. The zero-order valence-corrected chi connectivity index (χ0v) is 11.1. The van der Waals surface area contributed by atoms with Crippen LogP contribution in [0.25, 0.3) is 0 Å². The van der Waals surface area contributed by atoms with Crippen LogP contribution in [0.3, 0.4) is 0 Å². The Bertz CT molecular complexity index is 461. The molecule has 0 aromatic carbocycles. The lowest BCUT2D eigenvalue weighted by atomic mass is 9.75. The van der Waals surface area contributed by atoms with Gasteiger partial charge in [-0.15, -0.1) is 0 Å². The van der Waals surface area contributed by atoms with Gasteiger partial charge in [-0.1, -0.05) is 0 Å². The van der Waals surface area contributed by atoms with Crippen molar-refractivity contribution in [1.29, 1.82) is 0 Å². The number of nitrogens with zero attached hydrogens (tertiary/aromatic N) is 1. The first-order valence-corrected chi connectivity index (χ1v) is 6.54. The predicted molar refractivity (Wildman–Crippen MR) is 65.5 cm³/mol. The third-order valence-corrected chi connectivity index (χ3v) is 4.42. The molecule has 3 rings (SSSR count). The highest BCUT2D eigenvalue weighted by molar-refractivity contribution is 9.10. The number of rotatable bonds is 2. The first kappa shape index (κ1) is 11.2. The van der Waals surface area contributed by atoms with Crippen molar-refractivity contribution in [1.82, 2.24) is 10.2 Å². The molecule has 3 heterocycles. The minimum atomic E-state index is -0.409. The lowest BCUT2D eigenvalue weighted by Crippen LogP contribution is -2.41. The number of hydrogen-bond acceptors (Lipinski definition) is 3. The topological polar surface area (TPSA) is 67.0 Å². The fraction of sp³-hybridized carbons (Fsp3) is 0.636. The molecule has 6 heteroatoms. The van der Waals surface area contributed by atoms with E-state index in [9.17, 15) is 4.79 Å². The zero-order chi connectivity index (χ0) is 12.0. The number of nitrogens with one attached hydrogen (secondary N) is 2. The summed E-state index contributed by atoms with van der Waals surface area (Å²) in [4.78, 5) is 12.3. The standard InChI is InChI=1S/C11H14BrN3O2/c1-11(4-6-2-3-8(11)17-6)10(16)14-9-7(12)5-13-15-9/h5-6,8H,2-4H2,1H3,(H2,13,14,15,16). The lowest BCUT2D eigenvalue weighted by molar-refractivity contribution is -0.127. The molecule has 2 bridgehead atoms. The average molecular weight is 300 g/mol. The van der Waals surface area contributed by atoms with Crippen molar-refractivity contribution in [2.24, 2.45) is 5.41 Å². The number of carbonyl (C=O) groups is 1. The van der Waals surface area contributed by atoms with E-state index in [4.69, 9.17) is 4.74 Å². The van der Waals surface area contributed by atoms with Gasteiger partial charge in [-0.25, -0.2) is 0 Å². The van der Waals surface area contributed by atoms with E-state index in [-0.39, 0.29) is 18.1 Å². The van der Waals surface area contributed by atoms with Gasteiger partial charge in [0.05, 0.1) is 28.3 Å². The SMILES string of the molecule is CC1(C(=O)Nc2[nH]ncc2Br)CC2CCC1O2. The molecule has 3 unspecified atom stereocenters. The molecular formula is C11H14BrN3O2. The molecule has 2 aliphatic heterocycles. The number of aromatic amines is 1. The molecule has 1 aromatic rings. The van der Waals surface area contributed by atoms with Crippen molar-refractivity contribution < 1.29 is 9.53 Å². The van der Waals surface area contributed by atoms with Crippen LogP contribution in [0.5, 0.6) is 0 Å². The normalized spacial score (nSPS) is 35.2. The second kappa shape index (κ2) is 3.81. The van der Waals surface area contributed by atoms with Crippen LogP contribution in [0.1, 0.15) is 26.2 Å². The molecular weight excluding hydrogens is 286 g/mol. The first-order valence-electron chi connectivity index (χ1n) is 5.75. The number of ether oxygens (including phenoxy) is 1. The van der Waals surface area contributed by atoms with Crippen molar-refractivity contribution in [2.75, 3.05) is 5.32 Å². The largest absolute Gasteiger partial charge is 0.374 e. The number of amides is 1. The van der Waals surface area contributed by atoms with Gasteiger partial charge in [-0.2, -0.15) is 5.10 Å². The Kier molecular flexibility index (Phi) is 2.52. The van der Waals surface area contributed by atoms with E-state index < -0.39 is 5.41 Å². The van der Waals surface area contributed by atoms with E-state index in [1.54, 1.807) is 6.20 Å². The second-order valence-corrected chi connectivity index (χ2v) is 5.85. The van der Waals surface area contributed by atoms with Crippen LogP contribution < -0.4 is 5.32 Å². The van der Waals surface area contributed by atoms with Crippen molar-refractivity contribution >= 4 is 27.7 Å². The summed E-state index contributed by atoms with van der Waals surface area (Å²) < 4.78 is 6.52. The molecule has 17 heavy (non-hydrogen) atoms. The molecule has 1 aromatic heterocycles. The highest BCUT2D eigenvalue weighted by atomic mass is 79.9. The summed E-state index contributed by atoms with van der Waals surface area (Å²) in [6.45, 7) is 1.98. The highest BCUT2D eigenvalue weighted by Crippen LogP contribution is 2.48. The van der Waals surface area contributed by atoms with Gasteiger partial charge in [0.15, 0.2) is 0 Å². The van der Waals surface area contributed by atoms with E-state index in [2.05, 4.69) is 31.4 Å². The minimum Gasteiger partial charge on any atom is -0.374 e. The minimum absolute atomic E-state index is 0.00894. The predicted octanol–water partition coefficient (Wildman–Crippen LogP) is 2.07. The van der Waals surface area contributed by atoms with Crippen molar-refractivity contribution in [3.8, 4) is 0 Å². The van der Waals surface area contributed by atoms with Crippen LogP contribution in [-0.2, 0) is 9.53 Å². The quantitative estimate of drug-likeness (QED) is 0.878. The Morgan fingerprint density at radius 3 is 3.06 bits per heavy atom. The second-order valence-electron chi connectivity index (χ2n) is 4.99. The number of carbonyl (C=O) groups excluding carboxylic acids is 1. The van der Waals surface area contributed by atoms with Crippen LogP contribution in [-0.4, -0.2) is 28.3 Å². The fourth-order valence-electron chi connectivity index (χ4n) is 2.78. The van der Waals surface area contributed by atoms with Crippen LogP contribution in [0.4, 0.5) is 5.82 Å². The van der Waals surface area contributed by atoms with Crippen molar-refractivity contribution in [3.05, 3.63) is 10.7 Å². The maximum atomic E-state index is 12.3. The third-order valence-electron chi connectivity index (χ3n) is 3.82. The first-order chi connectivity index (χ1) is 8.09. The Morgan fingerprint density at radius 1 is 1.71 bits per heavy atom. The summed E-state index contributed by atoms with van der Waals surface area (Å²) in [6.07, 6.45) is 4.83. The molecule has 0 spiro atoms. The van der Waals surface area contributed by atoms with Gasteiger partial charge in [-0.3, -0.25) is 9.89 Å². The lowest BCUT2D eigenvalue weighted by Gasteiger charge is -2.29. The summed E-state index contributed by atoms with van der Waals surface area (Å²) in [6, 6.07) is 0. The summed E-state index contributed by atoms with van der Waals surface area (Å²) >= 11 is 3.32. The van der Waals surface area contributed by atoms with E-state index in [0.717, 1.165) is 23.7 Å². The fourth-order valence-corrected chi connectivity index (χ4v) is 3.07. The van der Waals surface area contributed by atoms with E-state index in [0.29, 0.717) is 5.82 Å². The number of anilines is 1. The van der Waals surface area contributed by atoms with E-state index in [1.807, 2.05) is 6.92 Å². The molecule has 0 aliphatic carbocycles. The molecule has 3 atom stereocenters. The summed E-state index contributed by atoms with van der Waals surface area (Å²) in [7, 11) is 0. The molecule has 5 nitrogen and oxygen atoms in total. The Labute approximate surface area is 107 Å². The van der Waals surface area contributed by atoms with Crippen molar-refractivity contribution in [2.45, 2.75) is 38.4 Å². The maximum Gasteiger partial charge on any atom is 0.234 e. The zero-order valence-electron chi connectivity index (χ0n) is 9.50. The van der Waals surface area contributed by atoms with Crippen molar-refractivity contribution in [3.63, 3.8) is 0 Å². The Balaban J connectivity index is 1.77. The molecule has 2 aliphatic rings. The molecule has 2 N–H and O–H groups in total. The molecule has 2 fully saturated rings. The maximum absolute atomic E-state index is 12.3. The van der Waals surface area contributed by atoms with Gasteiger partial charge in [0.2, 0.25) is 5.91 Å². The monoisotopic (exact) mass is 299 g/mol. The van der Waals surface area contributed by atoms with Crippen LogP contribution >= 0.6 is 15.9 Å².